The van der Waals surface area contributed by atoms with Crippen molar-refractivity contribution in [2.45, 2.75) is 25.8 Å². The highest BCUT2D eigenvalue weighted by Gasteiger charge is 2.20. The molecule has 1 aromatic carbocycles. The van der Waals surface area contributed by atoms with Crippen LogP contribution < -0.4 is 5.32 Å². The van der Waals surface area contributed by atoms with Crippen molar-refractivity contribution in [3.8, 4) is 6.07 Å². The third kappa shape index (κ3) is 3.07. The van der Waals surface area contributed by atoms with Crippen LogP contribution in [-0.4, -0.2) is 16.4 Å². The number of nitriles is 1. The standard InChI is InChI=1S/C14H14ClN3O/c1-14(2,8-16)18-13(19)5-9-7-17-12-4-3-10(15)6-11(9)12/h3-4,6-7,17H,5H2,1-2H3,(H,18,19). The SMILES string of the molecule is CC(C)(C#N)NC(=O)Cc1c[nH]c2ccc(Cl)cc12. The van der Waals surface area contributed by atoms with Gasteiger partial charge in [-0.05, 0) is 37.6 Å². The Bertz CT molecular complexity index is 667. The first-order chi connectivity index (χ1) is 8.91. The predicted octanol–water partition coefficient (Wildman–Crippen LogP) is 2.78. The molecule has 2 rings (SSSR count). The molecule has 5 heteroatoms. The van der Waals surface area contributed by atoms with Crippen molar-refractivity contribution in [1.82, 2.24) is 10.3 Å². The van der Waals surface area contributed by atoms with Gasteiger partial charge in [-0.15, -0.1) is 0 Å². The molecule has 0 aliphatic heterocycles. The van der Waals surface area contributed by atoms with E-state index >= 15 is 0 Å². The molecule has 0 atom stereocenters. The number of carbonyl (C=O) groups is 1. The number of amides is 1. The topological polar surface area (TPSA) is 68.7 Å². The van der Waals surface area contributed by atoms with E-state index in [1.807, 2.05) is 18.2 Å². The van der Waals surface area contributed by atoms with E-state index in [1.165, 1.54) is 0 Å². The second kappa shape index (κ2) is 4.94. The average molecular weight is 276 g/mol. The molecule has 2 N–H and O–H groups in total. The minimum atomic E-state index is -0.860. The first kappa shape index (κ1) is 13.4. The van der Waals surface area contributed by atoms with Gasteiger partial charge < -0.3 is 10.3 Å². The second-order valence-electron chi connectivity index (χ2n) is 4.97. The van der Waals surface area contributed by atoms with Crippen LogP contribution >= 0.6 is 11.6 Å². The highest BCUT2D eigenvalue weighted by molar-refractivity contribution is 6.31. The number of fused-ring (bicyclic) bond motifs is 1. The molecule has 0 saturated carbocycles. The lowest BCUT2D eigenvalue weighted by molar-refractivity contribution is -0.121. The number of hydrogen-bond donors (Lipinski definition) is 2. The maximum Gasteiger partial charge on any atom is 0.225 e. The lowest BCUT2D eigenvalue weighted by Gasteiger charge is -2.17. The van der Waals surface area contributed by atoms with Gasteiger partial charge in [0.1, 0.15) is 5.54 Å². The number of halogens is 1. The second-order valence-corrected chi connectivity index (χ2v) is 5.40. The van der Waals surface area contributed by atoms with Crippen molar-refractivity contribution >= 4 is 28.4 Å². The largest absolute Gasteiger partial charge is 0.361 e. The maximum absolute atomic E-state index is 11.9. The predicted molar refractivity (Wildman–Crippen MR) is 74.8 cm³/mol. The van der Waals surface area contributed by atoms with Crippen LogP contribution in [0.2, 0.25) is 5.02 Å². The summed E-state index contributed by atoms with van der Waals surface area (Å²) in [5.74, 6) is -0.188. The molecule has 19 heavy (non-hydrogen) atoms. The smallest absolute Gasteiger partial charge is 0.225 e. The fourth-order valence-electron chi connectivity index (χ4n) is 1.89. The van der Waals surface area contributed by atoms with E-state index in [0.29, 0.717) is 5.02 Å². The van der Waals surface area contributed by atoms with Gasteiger partial charge in [-0.3, -0.25) is 4.79 Å². The number of carbonyl (C=O) groups excluding carboxylic acids is 1. The molecule has 0 aliphatic rings. The normalized spacial score (nSPS) is 11.3. The minimum Gasteiger partial charge on any atom is -0.361 e. The molecule has 0 fully saturated rings. The Morgan fingerprint density at radius 3 is 2.95 bits per heavy atom. The molecule has 1 amide bonds. The fraction of sp³-hybridized carbons (Fsp3) is 0.286. The van der Waals surface area contributed by atoms with Gasteiger partial charge >= 0.3 is 0 Å². The third-order valence-electron chi connectivity index (χ3n) is 2.81. The van der Waals surface area contributed by atoms with Crippen LogP contribution in [0.1, 0.15) is 19.4 Å². The number of aromatic amines is 1. The molecular weight excluding hydrogens is 262 g/mol. The van der Waals surface area contributed by atoms with Crippen molar-refractivity contribution in [3.63, 3.8) is 0 Å². The van der Waals surface area contributed by atoms with Crippen LogP contribution in [0.5, 0.6) is 0 Å². The van der Waals surface area contributed by atoms with Crippen molar-refractivity contribution in [1.29, 1.82) is 5.26 Å². The van der Waals surface area contributed by atoms with Gasteiger partial charge in [0.2, 0.25) is 5.91 Å². The number of nitrogens with zero attached hydrogens (tertiary/aromatic N) is 1. The van der Waals surface area contributed by atoms with Gasteiger partial charge in [-0.2, -0.15) is 5.26 Å². The number of hydrogen-bond acceptors (Lipinski definition) is 2. The lowest BCUT2D eigenvalue weighted by atomic mass is 10.1. The lowest BCUT2D eigenvalue weighted by Crippen LogP contribution is -2.42. The molecule has 0 unspecified atom stereocenters. The van der Waals surface area contributed by atoms with Crippen molar-refractivity contribution in [2.24, 2.45) is 0 Å². The third-order valence-corrected chi connectivity index (χ3v) is 3.05. The van der Waals surface area contributed by atoms with Gasteiger partial charge in [-0.1, -0.05) is 11.6 Å². The Hall–Kier alpha value is -1.99. The number of rotatable bonds is 3. The van der Waals surface area contributed by atoms with Crippen LogP contribution in [-0.2, 0) is 11.2 Å². The van der Waals surface area contributed by atoms with Gasteiger partial charge in [0.15, 0.2) is 0 Å². The summed E-state index contributed by atoms with van der Waals surface area (Å²) in [7, 11) is 0. The Morgan fingerprint density at radius 2 is 2.26 bits per heavy atom. The molecule has 0 bridgehead atoms. The summed E-state index contributed by atoms with van der Waals surface area (Å²) >= 11 is 5.96. The zero-order chi connectivity index (χ0) is 14.0. The fourth-order valence-corrected chi connectivity index (χ4v) is 2.06. The minimum absolute atomic E-state index is 0.188. The van der Waals surface area contributed by atoms with Gasteiger partial charge in [0.25, 0.3) is 0 Å². The number of benzene rings is 1. The Balaban J connectivity index is 2.20. The first-order valence-corrected chi connectivity index (χ1v) is 6.27. The highest BCUT2D eigenvalue weighted by Crippen LogP contribution is 2.22. The van der Waals surface area contributed by atoms with E-state index in [1.54, 1.807) is 26.1 Å². The zero-order valence-corrected chi connectivity index (χ0v) is 11.5. The summed E-state index contributed by atoms with van der Waals surface area (Å²) in [6, 6.07) is 7.53. The van der Waals surface area contributed by atoms with Gasteiger partial charge in [-0.25, -0.2) is 0 Å². The Morgan fingerprint density at radius 1 is 1.53 bits per heavy atom. The molecule has 4 nitrogen and oxygen atoms in total. The van der Waals surface area contributed by atoms with Crippen LogP contribution in [0.15, 0.2) is 24.4 Å². The van der Waals surface area contributed by atoms with Gasteiger partial charge in [0, 0.05) is 22.1 Å². The van der Waals surface area contributed by atoms with E-state index in [2.05, 4.69) is 10.3 Å². The first-order valence-electron chi connectivity index (χ1n) is 5.89. The maximum atomic E-state index is 11.9. The molecule has 2 aromatic rings. The summed E-state index contributed by atoms with van der Waals surface area (Å²) < 4.78 is 0. The van der Waals surface area contributed by atoms with Crippen LogP contribution in [0.4, 0.5) is 0 Å². The van der Waals surface area contributed by atoms with Crippen molar-refractivity contribution in [3.05, 3.63) is 35.0 Å². The van der Waals surface area contributed by atoms with E-state index in [9.17, 15) is 4.79 Å². The molecule has 0 saturated heterocycles. The van der Waals surface area contributed by atoms with Crippen LogP contribution in [0, 0.1) is 11.3 Å². The van der Waals surface area contributed by atoms with Crippen molar-refractivity contribution < 1.29 is 4.79 Å². The molecule has 98 valence electrons. The number of aromatic nitrogens is 1. The molecule has 0 radical (unpaired) electrons. The van der Waals surface area contributed by atoms with Crippen LogP contribution in [0.3, 0.4) is 0 Å². The molecule has 1 heterocycles. The number of H-pyrrole nitrogens is 1. The summed E-state index contributed by atoms with van der Waals surface area (Å²) in [5.41, 5.74) is 0.941. The Kier molecular flexibility index (Phi) is 3.50. The quantitative estimate of drug-likeness (QED) is 0.904. The monoisotopic (exact) mass is 275 g/mol. The van der Waals surface area contributed by atoms with E-state index < -0.39 is 5.54 Å². The molecule has 1 aromatic heterocycles. The number of nitrogens with one attached hydrogen (secondary N) is 2. The van der Waals surface area contributed by atoms with E-state index in [-0.39, 0.29) is 12.3 Å². The van der Waals surface area contributed by atoms with Gasteiger partial charge in [0.05, 0.1) is 12.5 Å². The zero-order valence-electron chi connectivity index (χ0n) is 10.7. The summed E-state index contributed by atoms with van der Waals surface area (Å²) in [6.45, 7) is 3.33. The molecule has 0 spiro atoms. The van der Waals surface area contributed by atoms with E-state index in [4.69, 9.17) is 16.9 Å². The molecular formula is C14H14ClN3O. The summed E-state index contributed by atoms with van der Waals surface area (Å²) in [6.07, 6.45) is 2.01. The highest BCUT2D eigenvalue weighted by atomic mass is 35.5. The van der Waals surface area contributed by atoms with E-state index in [0.717, 1.165) is 16.5 Å². The van der Waals surface area contributed by atoms with Crippen molar-refractivity contribution in [2.75, 3.05) is 0 Å². The summed E-state index contributed by atoms with van der Waals surface area (Å²) in [4.78, 5) is 15.0. The Labute approximate surface area is 116 Å². The van der Waals surface area contributed by atoms with Crippen LogP contribution in [0.25, 0.3) is 10.9 Å². The summed E-state index contributed by atoms with van der Waals surface area (Å²) in [5, 5.41) is 13.1. The average Bonchev–Trinajstić information content (AvgIpc) is 2.71. The molecule has 0 aliphatic carbocycles.